The van der Waals surface area contributed by atoms with Gasteiger partial charge in [0.15, 0.2) is 0 Å². The van der Waals surface area contributed by atoms with Crippen molar-refractivity contribution in [1.82, 2.24) is 9.38 Å². The summed E-state index contributed by atoms with van der Waals surface area (Å²) in [6.45, 7) is 3.80. The van der Waals surface area contributed by atoms with Gasteiger partial charge in [-0.1, -0.05) is 6.92 Å². The maximum Gasteiger partial charge on any atom is 0.304 e. The minimum absolute atomic E-state index is 0.00902. The van der Waals surface area contributed by atoms with Gasteiger partial charge in [-0.15, -0.1) is 0 Å². The fraction of sp³-hybridized carbons (Fsp3) is 0.357. The van der Waals surface area contributed by atoms with E-state index >= 15 is 0 Å². The van der Waals surface area contributed by atoms with E-state index in [9.17, 15) is 9.59 Å². The van der Waals surface area contributed by atoms with E-state index < -0.39 is 5.97 Å². The van der Waals surface area contributed by atoms with E-state index in [1.165, 1.54) is 22.2 Å². The molecule has 1 atom stereocenters. The lowest BCUT2D eigenvalue weighted by molar-refractivity contribution is -0.136. The molecule has 2 aromatic rings. The predicted octanol–water partition coefficient (Wildman–Crippen LogP) is 2.10. The molecule has 2 aromatic heterocycles. The highest BCUT2D eigenvalue weighted by molar-refractivity contribution is 7.99. The van der Waals surface area contributed by atoms with Crippen molar-refractivity contribution in [3.63, 3.8) is 0 Å². The summed E-state index contributed by atoms with van der Waals surface area (Å²) in [4.78, 5) is 27.0. The molecule has 5 nitrogen and oxygen atoms in total. The highest BCUT2D eigenvalue weighted by Gasteiger charge is 2.09. The molecule has 0 aliphatic carbocycles. The molecular weight excluding hydrogens is 276 g/mol. The molecule has 0 fully saturated rings. The summed E-state index contributed by atoms with van der Waals surface area (Å²) in [6.07, 6.45) is 1.82. The predicted molar refractivity (Wildman–Crippen MR) is 79.2 cm³/mol. The Labute approximate surface area is 120 Å². The average molecular weight is 292 g/mol. The average Bonchev–Trinajstić information content (AvgIpc) is 2.35. The first-order valence-corrected chi connectivity index (χ1v) is 7.33. The van der Waals surface area contributed by atoms with E-state index in [2.05, 4.69) is 4.98 Å². The fourth-order valence-corrected chi connectivity index (χ4v) is 2.72. The molecule has 0 aliphatic heterocycles. The summed E-state index contributed by atoms with van der Waals surface area (Å²) < 4.78 is 1.50. The number of hydrogen-bond donors (Lipinski definition) is 1. The van der Waals surface area contributed by atoms with Gasteiger partial charge < -0.3 is 5.11 Å². The van der Waals surface area contributed by atoms with Gasteiger partial charge in [-0.2, -0.15) is 11.8 Å². The minimum atomic E-state index is -0.813. The number of carbonyl (C=O) groups is 1. The van der Waals surface area contributed by atoms with Crippen LogP contribution in [0.25, 0.3) is 5.65 Å². The zero-order valence-corrected chi connectivity index (χ0v) is 12.2. The van der Waals surface area contributed by atoms with Crippen LogP contribution >= 0.6 is 11.8 Å². The summed E-state index contributed by atoms with van der Waals surface area (Å²) in [5, 5.41) is 8.71. The maximum atomic E-state index is 12.0. The van der Waals surface area contributed by atoms with E-state index in [1.807, 2.05) is 26.0 Å². The second-order valence-electron chi connectivity index (χ2n) is 4.74. The summed E-state index contributed by atoms with van der Waals surface area (Å²) in [5.74, 6) is -0.277. The van der Waals surface area contributed by atoms with E-state index in [0.29, 0.717) is 17.1 Å². The van der Waals surface area contributed by atoms with Crippen LogP contribution in [-0.2, 0) is 10.5 Å². The van der Waals surface area contributed by atoms with Crippen molar-refractivity contribution in [3.05, 3.63) is 46.0 Å². The number of nitrogens with zero attached hydrogens (tertiary/aromatic N) is 2. The van der Waals surface area contributed by atoms with Crippen molar-refractivity contribution in [3.8, 4) is 0 Å². The molecule has 0 saturated carbocycles. The molecule has 2 heterocycles. The lowest BCUT2D eigenvalue weighted by Crippen LogP contribution is -2.15. The summed E-state index contributed by atoms with van der Waals surface area (Å²) in [6, 6.07) is 5.22. The number of hydrogen-bond acceptors (Lipinski definition) is 4. The Bertz CT molecular complexity index is 696. The SMILES string of the molecule is Cc1ccn2c(=O)cc(CSC(C)CC(=O)O)nc2c1. The Morgan fingerprint density at radius 3 is 2.95 bits per heavy atom. The van der Waals surface area contributed by atoms with Gasteiger partial charge in [0.25, 0.3) is 5.56 Å². The lowest BCUT2D eigenvalue weighted by atomic mass is 10.3. The van der Waals surface area contributed by atoms with Crippen LogP contribution in [0.4, 0.5) is 0 Å². The number of aliphatic carboxylic acids is 1. The molecule has 1 N–H and O–H groups in total. The molecule has 0 spiro atoms. The van der Waals surface area contributed by atoms with Gasteiger partial charge in [0.1, 0.15) is 5.65 Å². The number of rotatable bonds is 5. The Morgan fingerprint density at radius 2 is 2.25 bits per heavy atom. The zero-order chi connectivity index (χ0) is 14.7. The zero-order valence-electron chi connectivity index (χ0n) is 11.4. The van der Waals surface area contributed by atoms with Crippen LogP contribution in [0.5, 0.6) is 0 Å². The van der Waals surface area contributed by atoms with Gasteiger partial charge in [0.05, 0.1) is 12.1 Å². The number of carboxylic acids is 1. The third-order valence-electron chi connectivity index (χ3n) is 2.85. The van der Waals surface area contributed by atoms with Crippen LogP contribution in [0.15, 0.2) is 29.2 Å². The molecule has 106 valence electrons. The van der Waals surface area contributed by atoms with Crippen LogP contribution < -0.4 is 5.56 Å². The molecular formula is C14H16N2O3S. The van der Waals surface area contributed by atoms with Crippen LogP contribution in [0.2, 0.25) is 0 Å². The number of carboxylic acid groups (broad SMARTS) is 1. The standard InChI is InChI=1S/C14H16N2O3S/c1-9-3-4-16-12(5-9)15-11(7-13(16)17)8-20-10(2)6-14(18)19/h3-5,7,10H,6,8H2,1-2H3,(H,18,19). The molecule has 0 radical (unpaired) electrons. The maximum absolute atomic E-state index is 12.0. The summed E-state index contributed by atoms with van der Waals surface area (Å²) in [7, 11) is 0. The summed E-state index contributed by atoms with van der Waals surface area (Å²) in [5.41, 5.74) is 2.24. The second kappa shape index (κ2) is 6.09. The van der Waals surface area contributed by atoms with Gasteiger partial charge in [0.2, 0.25) is 0 Å². The molecule has 2 rings (SSSR count). The van der Waals surface area contributed by atoms with Gasteiger partial charge in [-0.25, -0.2) is 4.98 Å². The van der Waals surface area contributed by atoms with Gasteiger partial charge in [-0.05, 0) is 24.6 Å². The fourth-order valence-electron chi connectivity index (χ4n) is 1.86. The number of aromatic nitrogens is 2. The Kier molecular flexibility index (Phi) is 4.44. The smallest absolute Gasteiger partial charge is 0.304 e. The molecule has 1 unspecified atom stereocenters. The van der Waals surface area contributed by atoms with Crippen molar-refractivity contribution >= 4 is 23.4 Å². The number of fused-ring (bicyclic) bond motifs is 1. The van der Waals surface area contributed by atoms with Crippen LogP contribution in [0.3, 0.4) is 0 Å². The quantitative estimate of drug-likeness (QED) is 0.913. The van der Waals surface area contributed by atoms with Gasteiger partial charge in [0, 0.05) is 23.3 Å². The molecule has 0 aromatic carbocycles. The monoisotopic (exact) mass is 292 g/mol. The first-order chi connectivity index (χ1) is 9.45. The van der Waals surface area contributed by atoms with Crippen molar-refractivity contribution in [2.75, 3.05) is 0 Å². The minimum Gasteiger partial charge on any atom is -0.481 e. The van der Waals surface area contributed by atoms with E-state index in [0.717, 1.165) is 5.56 Å². The highest BCUT2D eigenvalue weighted by Crippen LogP contribution is 2.18. The van der Waals surface area contributed by atoms with Crippen LogP contribution in [0, 0.1) is 6.92 Å². The van der Waals surface area contributed by atoms with E-state index in [-0.39, 0.29) is 17.2 Å². The van der Waals surface area contributed by atoms with Crippen LogP contribution in [-0.4, -0.2) is 25.7 Å². The first-order valence-electron chi connectivity index (χ1n) is 6.28. The molecule has 0 bridgehead atoms. The van der Waals surface area contributed by atoms with Crippen LogP contribution in [0.1, 0.15) is 24.6 Å². The first kappa shape index (κ1) is 14.6. The van der Waals surface area contributed by atoms with Crippen molar-refractivity contribution in [2.24, 2.45) is 0 Å². The Hall–Kier alpha value is -1.82. The van der Waals surface area contributed by atoms with Crippen molar-refractivity contribution in [2.45, 2.75) is 31.3 Å². The lowest BCUT2D eigenvalue weighted by Gasteiger charge is -2.08. The normalized spacial score (nSPS) is 12.5. The number of thioether (sulfide) groups is 1. The number of pyridine rings is 1. The Balaban J connectivity index is 2.19. The largest absolute Gasteiger partial charge is 0.481 e. The van der Waals surface area contributed by atoms with E-state index in [4.69, 9.17) is 5.11 Å². The molecule has 0 amide bonds. The molecule has 0 aliphatic rings. The molecule has 6 heteroatoms. The Morgan fingerprint density at radius 1 is 1.50 bits per heavy atom. The van der Waals surface area contributed by atoms with Gasteiger partial charge in [-0.3, -0.25) is 14.0 Å². The van der Waals surface area contributed by atoms with Crippen molar-refractivity contribution < 1.29 is 9.90 Å². The molecule has 20 heavy (non-hydrogen) atoms. The van der Waals surface area contributed by atoms with Crippen molar-refractivity contribution in [1.29, 1.82) is 0 Å². The second-order valence-corrected chi connectivity index (χ2v) is 6.16. The number of aryl methyl sites for hydroxylation is 1. The topological polar surface area (TPSA) is 71.7 Å². The molecule has 0 saturated heterocycles. The highest BCUT2D eigenvalue weighted by atomic mass is 32.2. The third kappa shape index (κ3) is 3.60. The van der Waals surface area contributed by atoms with Gasteiger partial charge >= 0.3 is 5.97 Å². The third-order valence-corrected chi connectivity index (χ3v) is 4.05. The summed E-state index contributed by atoms with van der Waals surface area (Å²) >= 11 is 1.49. The van der Waals surface area contributed by atoms with E-state index in [1.54, 1.807) is 6.20 Å².